The quantitative estimate of drug-likeness (QED) is 0.542. The predicted molar refractivity (Wildman–Crippen MR) is 49.9 cm³/mol. The highest BCUT2D eigenvalue weighted by Gasteiger charge is 2.19. The molecule has 0 saturated carbocycles. The van der Waals surface area contributed by atoms with Crippen LogP contribution in [0.4, 0.5) is 0 Å². The summed E-state index contributed by atoms with van der Waals surface area (Å²) >= 11 is 4.93. The molecule has 0 aromatic carbocycles. The number of rotatable bonds is 2. The topological polar surface area (TPSA) is 26.3 Å². The Morgan fingerprint density at radius 1 is 2.00 bits per heavy atom. The lowest BCUT2D eigenvalue weighted by Gasteiger charge is -1.99. The average Bonchev–Trinajstić information content (AvgIpc) is 2.36. The number of carbonyl (C=O) groups is 1. The van der Waals surface area contributed by atoms with E-state index < -0.39 is 0 Å². The van der Waals surface area contributed by atoms with Crippen molar-refractivity contribution in [1.82, 2.24) is 0 Å². The van der Waals surface area contributed by atoms with Crippen LogP contribution in [0.15, 0.2) is 11.0 Å². The smallest absolute Gasteiger partial charge is 0.344 e. The molecule has 0 amide bonds. The number of hydrogen-bond donors (Lipinski definition) is 0. The van der Waals surface area contributed by atoms with Crippen LogP contribution in [0.2, 0.25) is 0 Å². The van der Waals surface area contributed by atoms with Crippen LogP contribution < -0.4 is 0 Å². The van der Waals surface area contributed by atoms with Crippen molar-refractivity contribution in [2.45, 2.75) is 11.8 Å². The van der Waals surface area contributed by atoms with Crippen LogP contribution in [0.5, 0.6) is 0 Å². The number of thioether (sulfide) groups is 1. The Labute approximate surface area is 78.5 Å². The first-order valence-electron chi connectivity index (χ1n) is 3.40. The van der Waals surface area contributed by atoms with Gasteiger partial charge in [0, 0.05) is 10.6 Å². The van der Waals surface area contributed by atoms with Gasteiger partial charge in [0.15, 0.2) is 0 Å². The number of ether oxygens (including phenoxy) is 1. The van der Waals surface area contributed by atoms with Crippen molar-refractivity contribution in [3.8, 4) is 0 Å². The number of esters is 1. The molecule has 1 aliphatic rings. The van der Waals surface area contributed by atoms with E-state index in [0.29, 0.717) is 11.4 Å². The molecule has 2 nitrogen and oxygen atoms in total. The molecule has 0 radical (unpaired) electrons. The standard InChI is InChI=1S/C7H9BrO2S/c1-2-10-7(9)6-3-5(8)4-11-6/h3,5H,2,4H2,1H3. The summed E-state index contributed by atoms with van der Waals surface area (Å²) in [5.41, 5.74) is 0. The molecule has 0 saturated heterocycles. The molecule has 0 fully saturated rings. The lowest BCUT2D eigenvalue weighted by atomic mass is 10.4. The number of carbonyl (C=O) groups excluding carboxylic acids is 1. The van der Waals surface area contributed by atoms with Crippen molar-refractivity contribution in [2.24, 2.45) is 0 Å². The van der Waals surface area contributed by atoms with E-state index in [1.54, 1.807) is 0 Å². The van der Waals surface area contributed by atoms with Gasteiger partial charge in [0.2, 0.25) is 0 Å². The monoisotopic (exact) mass is 236 g/mol. The van der Waals surface area contributed by atoms with Gasteiger partial charge in [-0.05, 0) is 13.0 Å². The minimum absolute atomic E-state index is 0.195. The molecule has 0 aromatic rings. The molecule has 0 bridgehead atoms. The van der Waals surface area contributed by atoms with Crippen LogP contribution >= 0.6 is 27.7 Å². The van der Waals surface area contributed by atoms with Gasteiger partial charge in [-0.2, -0.15) is 0 Å². The van der Waals surface area contributed by atoms with E-state index in [0.717, 1.165) is 10.7 Å². The first-order valence-corrected chi connectivity index (χ1v) is 5.30. The predicted octanol–water partition coefficient (Wildman–Crippen LogP) is 1.94. The molecule has 62 valence electrons. The maximum absolute atomic E-state index is 11.1. The molecule has 1 unspecified atom stereocenters. The van der Waals surface area contributed by atoms with Crippen LogP contribution in [0, 0.1) is 0 Å². The van der Waals surface area contributed by atoms with Crippen molar-refractivity contribution < 1.29 is 9.53 Å². The van der Waals surface area contributed by atoms with Crippen molar-refractivity contribution in [2.75, 3.05) is 12.4 Å². The zero-order chi connectivity index (χ0) is 8.27. The molecule has 4 heteroatoms. The molecule has 0 spiro atoms. The summed E-state index contributed by atoms with van der Waals surface area (Å²) in [5.74, 6) is 0.730. The zero-order valence-electron chi connectivity index (χ0n) is 6.17. The third-order valence-electron chi connectivity index (χ3n) is 1.21. The second-order valence-electron chi connectivity index (χ2n) is 2.08. The Morgan fingerprint density at radius 2 is 2.73 bits per heavy atom. The average molecular weight is 237 g/mol. The van der Waals surface area contributed by atoms with E-state index in [2.05, 4.69) is 15.9 Å². The summed E-state index contributed by atoms with van der Waals surface area (Å²) in [5, 5.41) is 0. The molecular formula is C7H9BrO2S. The Kier molecular flexibility index (Phi) is 3.45. The van der Waals surface area contributed by atoms with Gasteiger partial charge in [-0.3, -0.25) is 0 Å². The highest BCUT2D eigenvalue weighted by atomic mass is 79.9. The number of alkyl halides is 1. The molecule has 11 heavy (non-hydrogen) atoms. The fourth-order valence-electron chi connectivity index (χ4n) is 0.759. The van der Waals surface area contributed by atoms with Gasteiger partial charge in [0.1, 0.15) is 0 Å². The molecular weight excluding hydrogens is 228 g/mol. The summed E-state index contributed by atoms with van der Waals surface area (Å²) < 4.78 is 4.83. The fraction of sp³-hybridized carbons (Fsp3) is 0.571. The van der Waals surface area contributed by atoms with Gasteiger partial charge >= 0.3 is 5.97 Å². The highest BCUT2D eigenvalue weighted by Crippen LogP contribution is 2.29. The largest absolute Gasteiger partial charge is 0.462 e. The van der Waals surface area contributed by atoms with Gasteiger partial charge in [-0.1, -0.05) is 15.9 Å². The Balaban J connectivity index is 2.48. The molecule has 1 atom stereocenters. The summed E-state index contributed by atoms with van der Waals surface area (Å²) in [7, 11) is 0. The molecule has 1 aliphatic heterocycles. The van der Waals surface area contributed by atoms with E-state index in [9.17, 15) is 4.79 Å². The molecule has 0 aliphatic carbocycles. The summed E-state index contributed by atoms with van der Waals surface area (Å²) in [6.07, 6.45) is 1.89. The lowest BCUT2D eigenvalue weighted by Crippen LogP contribution is -2.03. The van der Waals surface area contributed by atoms with Crippen molar-refractivity contribution in [1.29, 1.82) is 0 Å². The Morgan fingerprint density at radius 3 is 3.18 bits per heavy atom. The first-order chi connectivity index (χ1) is 5.24. The SMILES string of the molecule is CCOC(=O)C1=CC(Br)CS1. The second-order valence-corrected chi connectivity index (χ2v) is 4.32. The molecule has 1 heterocycles. The fourth-order valence-corrected chi connectivity index (χ4v) is 2.47. The minimum atomic E-state index is -0.195. The van der Waals surface area contributed by atoms with Gasteiger partial charge in [-0.15, -0.1) is 11.8 Å². The van der Waals surface area contributed by atoms with Crippen LogP contribution in [0.3, 0.4) is 0 Å². The zero-order valence-corrected chi connectivity index (χ0v) is 8.57. The van der Waals surface area contributed by atoms with Gasteiger partial charge in [0.05, 0.1) is 11.5 Å². The summed E-state index contributed by atoms with van der Waals surface area (Å²) in [4.78, 5) is 12.1. The third kappa shape index (κ3) is 2.52. The van der Waals surface area contributed by atoms with Crippen LogP contribution in [-0.4, -0.2) is 23.2 Å². The molecule has 0 aromatic heterocycles. The van der Waals surface area contributed by atoms with Gasteiger partial charge < -0.3 is 4.74 Å². The molecule has 0 N–H and O–H groups in total. The first kappa shape index (κ1) is 9.13. The number of halogens is 1. The van der Waals surface area contributed by atoms with E-state index in [1.165, 1.54) is 11.8 Å². The lowest BCUT2D eigenvalue weighted by molar-refractivity contribution is -0.137. The normalized spacial score (nSPS) is 23.1. The van der Waals surface area contributed by atoms with Gasteiger partial charge in [0.25, 0.3) is 0 Å². The number of hydrogen-bond acceptors (Lipinski definition) is 3. The Hall–Kier alpha value is 0.0400. The minimum Gasteiger partial charge on any atom is -0.462 e. The summed E-state index contributed by atoms with van der Waals surface area (Å²) in [6.45, 7) is 2.26. The summed E-state index contributed by atoms with van der Waals surface area (Å²) in [6, 6.07) is 0. The van der Waals surface area contributed by atoms with Gasteiger partial charge in [-0.25, -0.2) is 4.79 Å². The van der Waals surface area contributed by atoms with Crippen molar-refractivity contribution in [3.05, 3.63) is 11.0 Å². The van der Waals surface area contributed by atoms with Crippen LogP contribution in [0.1, 0.15) is 6.92 Å². The highest BCUT2D eigenvalue weighted by molar-refractivity contribution is 9.09. The van der Waals surface area contributed by atoms with Crippen LogP contribution in [-0.2, 0) is 9.53 Å². The second kappa shape index (κ2) is 4.16. The van der Waals surface area contributed by atoms with E-state index >= 15 is 0 Å². The number of allylic oxidation sites excluding steroid dienone is 1. The van der Waals surface area contributed by atoms with E-state index in [4.69, 9.17) is 4.74 Å². The van der Waals surface area contributed by atoms with Crippen molar-refractivity contribution >= 4 is 33.7 Å². The molecule has 1 rings (SSSR count). The Bertz CT molecular complexity index is 191. The van der Waals surface area contributed by atoms with E-state index in [-0.39, 0.29) is 5.97 Å². The maximum atomic E-state index is 11.1. The van der Waals surface area contributed by atoms with E-state index in [1.807, 2.05) is 13.0 Å². The maximum Gasteiger partial charge on any atom is 0.344 e. The van der Waals surface area contributed by atoms with Crippen molar-refractivity contribution in [3.63, 3.8) is 0 Å². The van der Waals surface area contributed by atoms with Crippen LogP contribution in [0.25, 0.3) is 0 Å². The third-order valence-corrected chi connectivity index (χ3v) is 3.36.